The molecule has 0 unspecified atom stereocenters. The molecule has 146 valence electrons. The lowest BCUT2D eigenvalue weighted by Gasteiger charge is -2.24. The minimum Gasteiger partial charge on any atom is -0.497 e. The van der Waals surface area contributed by atoms with E-state index < -0.39 is 10.0 Å². The zero-order chi connectivity index (χ0) is 18.9. The molecule has 0 radical (unpaired) electrons. The van der Waals surface area contributed by atoms with Crippen LogP contribution < -0.4 is 4.74 Å². The van der Waals surface area contributed by atoms with Crippen molar-refractivity contribution in [1.82, 2.24) is 14.1 Å². The number of rotatable bonds is 5. The number of hydrogen-bond donors (Lipinski definition) is 0. The number of aromatic nitrogens is 2. The molecule has 0 bridgehead atoms. The summed E-state index contributed by atoms with van der Waals surface area (Å²) in [5.41, 5.74) is 0.994. The Labute approximate surface area is 159 Å². The lowest BCUT2D eigenvalue weighted by atomic mass is 10.1. The van der Waals surface area contributed by atoms with Crippen LogP contribution in [0.3, 0.4) is 0 Å². The highest BCUT2D eigenvalue weighted by Crippen LogP contribution is 2.37. The topological polar surface area (TPSA) is 73.7 Å². The minimum absolute atomic E-state index is 0.146. The third-order valence-corrected chi connectivity index (χ3v) is 7.31. The van der Waals surface area contributed by atoms with Gasteiger partial charge in [0.1, 0.15) is 10.6 Å². The van der Waals surface area contributed by atoms with Crippen LogP contribution in [0.25, 0.3) is 0 Å². The van der Waals surface area contributed by atoms with E-state index in [2.05, 4.69) is 5.10 Å². The van der Waals surface area contributed by atoms with Crippen LogP contribution in [0.5, 0.6) is 5.75 Å². The number of nitrogens with zero attached hydrogens (tertiary/aromatic N) is 3. The minimum atomic E-state index is -3.58. The Bertz CT molecular complexity index is 873. The third kappa shape index (κ3) is 3.61. The van der Waals surface area contributed by atoms with Gasteiger partial charge in [0.05, 0.1) is 25.4 Å². The number of benzene rings is 1. The highest BCUT2D eigenvalue weighted by Gasteiger charge is 2.37. The summed E-state index contributed by atoms with van der Waals surface area (Å²) in [4.78, 5) is 0.273. The van der Waals surface area contributed by atoms with Gasteiger partial charge in [-0.05, 0) is 43.4 Å². The number of methoxy groups -OCH3 is 1. The van der Waals surface area contributed by atoms with E-state index in [1.54, 1.807) is 22.3 Å². The van der Waals surface area contributed by atoms with E-state index in [4.69, 9.17) is 9.47 Å². The summed E-state index contributed by atoms with van der Waals surface area (Å²) in [5.74, 6) is 0.767. The first kappa shape index (κ1) is 18.5. The summed E-state index contributed by atoms with van der Waals surface area (Å²) >= 11 is 0. The summed E-state index contributed by atoms with van der Waals surface area (Å²) in [6.45, 7) is 1.91. The predicted octanol–water partition coefficient (Wildman–Crippen LogP) is 2.77. The van der Waals surface area contributed by atoms with Crippen LogP contribution in [0.4, 0.5) is 0 Å². The van der Waals surface area contributed by atoms with Gasteiger partial charge in [0.25, 0.3) is 0 Å². The smallest absolute Gasteiger partial charge is 0.246 e. The number of ether oxygens (including phenoxy) is 2. The lowest BCUT2D eigenvalue weighted by Crippen LogP contribution is -2.30. The molecule has 1 aromatic carbocycles. The monoisotopic (exact) mass is 391 g/mol. The van der Waals surface area contributed by atoms with Crippen molar-refractivity contribution in [3.63, 3.8) is 0 Å². The molecule has 2 fully saturated rings. The van der Waals surface area contributed by atoms with Gasteiger partial charge in [-0.3, -0.25) is 4.68 Å². The van der Waals surface area contributed by atoms with E-state index in [1.165, 1.54) is 6.20 Å². The van der Waals surface area contributed by atoms with E-state index in [0.717, 1.165) is 37.0 Å². The van der Waals surface area contributed by atoms with Gasteiger partial charge in [-0.15, -0.1) is 0 Å². The fourth-order valence-electron chi connectivity index (χ4n) is 3.93. The van der Waals surface area contributed by atoms with E-state index in [1.807, 2.05) is 24.3 Å². The van der Waals surface area contributed by atoms with Gasteiger partial charge in [0.2, 0.25) is 10.0 Å². The molecule has 1 aromatic heterocycles. The van der Waals surface area contributed by atoms with Gasteiger partial charge >= 0.3 is 0 Å². The summed E-state index contributed by atoms with van der Waals surface area (Å²) < 4.78 is 40.5. The lowest BCUT2D eigenvalue weighted by molar-refractivity contribution is 0.0662. The first-order valence-electron chi connectivity index (χ1n) is 9.37. The normalized spacial score (nSPS) is 22.2. The van der Waals surface area contributed by atoms with Gasteiger partial charge < -0.3 is 9.47 Å². The maximum atomic E-state index is 13.3. The molecular weight excluding hydrogens is 366 g/mol. The SMILES string of the molecule is COc1ccc([C@H]2CCCN2S(=O)(=O)c2cnn(C3CCOCC3)c2)cc1. The number of hydrogen-bond acceptors (Lipinski definition) is 5. The van der Waals surface area contributed by atoms with Crippen molar-refractivity contribution >= 4 is 10.0 Å². The molecule has 1 atom stereocenters. The van der Waals surface area contributed by atoms with Crippen molar-refractivity contribution in [3.8, 4) is 5.75 Å². The van der Waals surface area contributed by atoms with Crippen LogP contribution in [-0.2, 0) is 14.8 Å². The fourth-order valence-corrected chi connectivity index (χ4v) is 5.55. The van der Waals surface area contributed by atoms with Crippen molar-refractivity contribution in [2.24, 2.45) is 0 Å². The third-order valence-electron chi connectivity index (χ3n) is 5.45. The molecule has 7 nitrogen and oxygen atoms in total. The van der Waals surface area contributed by atoms with Gasteiger partial charge in [0.15, 0.2) is 0 Å². The second kappa shape index (κ2) is 7.61. The fraction of sp³-hybridized carbons (Fsp3) is 0.526. The van der Waals surface area contributed by atoms with E-state index in [0.29, 0.717) is 19.8 Å². The first-order chi connectivity index (χ1) is 13.1. The zero-order valence-electron chi connectivity index (χ0n) is 15.5. The maximum Gasteiger partial charge on any atom is 0.246 e. The van der Waals surface area contributed by atoms with E-state index in [9.17, 15) is 8.42 Å². The van der Waals surface area contributed by atoms with Crippen LogP contribution in [0.15, 0.2) is 41.6 Å². The zero-order valence-corrected chi connectivity index (χ0v) is 16.3. The standard InChI is InChI=1S/C19H25N3O4S/c1-25-17-6-4-15(5-7-17)19-3-2-10-22(19)27(23,24)18-13-20-21(14-18)16-8-11-26-12-9-16/h4-7,13-14,16,19H,2-3,8-12H2,1H3/t19-/m1/s1. The Kier molecular flexibility index (Phi) is 5.21. The van der Waals surface area contributed by atoms with Gasteiger partial charge in [-0.1, -0.05) is 12.1 Å². The molecule has 4 rings (SSSR count). The molecule has 2 aromatic rings. The molecule has 2 saturated heterocycles. The highest BCUT2D eigenvalue weighted by atomic mass is 32.2. The molecule has 0 spiro atoms. The Morgan fingerprint density at radius 2 is 1.89 bits per heavy atom. The average Bonchev–Trinajstić information content (AvgIpc) is 3.39. The molecule has 8 heteroatoms. The molecule has 0 N–H and O–H groups in total. The van der Waals surface area contributed by atoms with Crippen molar-refractivity contribution < 1.29 is 17.9 Å². The Hall–Kier alpha value is -1.90. The summed E-state index contributed by atoms with van der Waals surface area (Å²) in [6.07, 6.45) is 6.55. The Balaban J connectivity index is 1.57. The van der Waals surface area contributed by atoms with Gasteiger partial charge in [-0.25, -0.2) is 8.42 Å². The molecule has 0 amide bonds. The summed E-state index contributed by atoms with van der Waals surface area (Å²) in [5, 5.41) is 4.34. The molecule has 2 aliphatic heterocycles. The van der Waals surface area contributed by atoms with E-state index >= 15 is 0 Å². The Morgan fingerprint density at radius 3 is 2.59 bits per heavy atom. The van der Waals surface area contributed by atoms with E-state index in [-0.39, 0.29) is 17.0 Å². The molecule has 3 heterocycles. The molecule has 0 saturated carbocycles. The average molecular weight is 391 g/mol. The van der Waals surface area contributed by atoms with Crippen LogP contribution in [-0.4, -0.2) is 49.4 Å². The van der Waals surface area contributed by atoms with Crippen molar-refractivity contribution in [2.75, 3.05) is 26.9 Å². The molecular formula is C19H25N3O4S. The van der Waals surface area contributed by atoms with Crippen molar-refractivity contribution in [3.05, 3.63) is 42.2 Å². The largest absolute Gasteiger partial charge is 0.497 e. The van der Waals surface area contributed by atoms with Crippen LogP contribution in [0, 0.1) is 0 Å². The van der Waals surface area contributed by atoms with Crippen LogP contribution >= 0.6 is 0 Å². The highest BCUT2D eigenvalue weighted by molar-refractivity contribution is 7.89. The number of sulfonamides is 1. The summed E-state index contributed by atoms with van der Waals surface area (Å²) in [6, 6.07) is 7.71. The van der Waals surface area contributed by atoms with Crippen LogP contribution in [0.2, 0.25) is 0 Å². The van der Waals surface area contributed by atoms with Gasteiger partial charge in [-0.2, -0.15) is 9.40 Å². The quantitative estimate of drug-likeness (QED) is 0.784. The molecule has 27 heavy (non-hydrogen) atoms. The van der Waals surface area contributed by atoms with Crippen molar-refractivity contribution in [1.29, 1.82) is 0 Å². The Morgan fingerprint density at radius 1 is 1.15 bits per heavy atom. The van der Waals surface area contributed by atoms with Crippen LogP contribution in [0.1, 0.15) is 43.3 Å². The second-order valence-corrected chi connectivity index (χ2v) is 8.94. The first-order valence-corrected chi connectivity index (χ1v) is 10.8. The van der Waals surface area contributed by atoms with Gasteiger partial charge in [0, 0.05) is 26.0 Å². The predicted molar refractivity (Wildman–Crippen MR) is 100 cm³/mol. The maximum absolute atomic E-state index is 13.3. The van der Waals surface area contributed by atoms with Crippen molar-refractivity contribution in [2.45, 2.75) is 42.7 Å². The second-order valence-electron chi connectivity index (χ2n) is 7.05. The molecule has 2 aliphatic rings. The summed E-state index contributed by atoms with van der Waals surface area (Å²) in [7, 11) is -1.96. The molecule has 0 aliphatic carbocycles.